The van der Waals surface area contributed by atoms with Gasteiger partial charge in [0.2, 0.25) is 0 Å². The SMILES string of the molecule is c1cc2c(c(CNCCN3CCCCC3)c1)NCC2. The van der Waals surface area contributed by atoms with Gasteiger partial charge in [-0.15, -0.1) is 0 Å². The van der Waals surface area contributed by atoms with E-state index >= 15 is 0 Å². The molecule has 1 saturated heterocycles. The van der Waals surface area contributed by atoms with Crippen LogP contribution in [0, 0.1) is 0 Å². The summed E-state index contributed by atoms with van der Waals surface area (Å²) >= 11 is 0. The lowest BCUT2D eigenvalue weighted by Crippen LogP contribution is -2.35. The van der Waals surface area contributed by atoms with E-state index in [4.69, 9.17) is 0 Å². The summed E-state index contributed by atoms with van der Waals surface area (Å²) in [6.45, 7) is 6.98. The molecule has 19 heavy (non-hydrogen) atoms. The lowest BCUT2D eigenvalue weighted by Gasteiger charge is -2.26. The molecule has 104 valence electrons. The molecule has 0 amide bonds. The van der Waals surface area contributed by atoms with E-state index in [0.29, 0.717) is 0 Å². The third-order valence-corrected chi connectivity index (χ3v) is 4.30. The maximum atomic E-state index is 3.60. The van der Waals surface area contributed by atoms with Crippen LogP contribution in [0.4, 0.5) is 5.69 Å². The molecule has 0 aromatic heterocycles. The number of para-hydroxylation sites is 1. The van der Waals surface area contributed by atoms with Crippen LogP contribution in [-0.4, -0.2) is 37.6 Å². The number of likely N-dealkylation sites (tertiary alicyclic amines) is 1. The van der Waals surface area contributed by atoms with Crippen molar-refractivity contribution in [2.45, 2.75) is 32.2 Å². The second-order valence-corrected chi connectivity index (χ2v) is 5.71. The third-order valence-electron chi connectivity index (χ3n) is 4.30. The average Bonchev–Trinajstić information content (AvgIpc) is 2.94. The van der Waals surface area contributed by atoms with Crippen LogP contribution in [0.15, 0.2) is 18.2 Å². The van der Waals surface area contributed by atoms with Gasteiger partial charge in [0, 0.05) is 31.9 Å². The first-order valence-corrected chi connectivity index (χ1v) is 7.71. The molecule has 2 aliphatic rings. The van der Waals surface area contributed by atoms with Gasteiger partial charge in [-0.1, -0.05) is 24.6 Å². The van der Waals surface area contributed by atoms with Crippen molar-refractivity contribution in [2.24, 2.45) is 0 Å². The predicted octanol–water partition coefficient (Wildman–Crippen LogP) is 2.23. The Morgan fingerprint density at radius 1 is 1.16 bits per heavy atom. The molecule has 2 N–H and O–H groups in total. The summed E-state index contributed by atoms with van der Waals surface area (Å²) in [5, 5.41) is 7.11. The van der Waals surface area contributed by atoms with Crippen LogP contribution in [-0.2, 0) is 13.0 Å². The molecule has 0 radical (unpaired) electrons. The van der Waals surface area contributed by atoms with Gasteiger partial charge >= 0.3 is 0 Å². The van der Waals surface area contributed by atoms with Crippen LogP contribution in [0.1, 0.15) is 30.4 Å². The Bertz CT molecular complexity index is 410. The highest BCUT2D eigenvalue weighted by Crippen LogP contribution is 2.26. The van der Waals surface area contributed by atoms with E-state index in [1.54, 1.807) is 0 Å². The normalized spacial score (nSPS) is 19.2. The molecule has 2 aliphatic heterocycles. The van der Waals surface area contributed by atoms with Crippen molar-refractivity contribution in [3.05, 3.63) is 29.3 Å². The molecule has 0 spiro atoms. The molecule has 0 aliphatic carbocycles. The highest BCUT2D eigenvalue weighted by atomic mass is 15.1. The number of rotatable bonds is 5. The number of nitrogens with one attached hydrogen (secondary N) is 2. The van der Waals surface area contributed by atoms with E-state index in [1.165, 1.54) is 62.1 Å². The summed E-state index contributed by atoms with van der Waals surface area (Å²) in [6, 6.07) is 6.67. The molecule has 1 aromatic rings. The summed E-state index contributed by atoms with van der Waals surface area (Å²) in [4.78, 5) is 2.59. The Balaban J connectivity index is 1.44. The van der Waals surface area contributed by atoms with E-state index in [0.717, 1.165) is 19.6 Å². The zero-order valence-electron chi connectivity index (χ0n) is 11.8. The van der Waals surface area contributed by atoms with Crippen molar-refractivity contribution in [3.8, 4) is 0 Å². The molecule has 0 atom stereocenters. The lowest BCUT2D eigenvalue weighted by atomic mass is 10.1. The number of fused-ring (bicyclic) bond motifs is 1. The van der Waals surface area contributed by atoms with Gasteiger partial charge in [0.05, 0.1) is 0 Å². The summed E-state index contributed by atoms with van der Waals surface area (Å²) in [6.07, 6.45) is 5.37. The first-order valence-electron chi connectivity index (χ1n) is 7.71. The van der Waals surface area contributed by atoms with Gasteiger partial charge < -0.3 is 15.5 Å². The minimum atomic E-state index is 0.990. The standard InChI is InChI=1S/C16H25N3/c1-2-10-19(11-3-1)12-9-17-13-15-6-4-5-14-7-8-18-16(14)15/h4-6,17-18H,1-3,7-13H2. The van der Waals surface area contributed by atoms with E-state index < -0.39 is 0 Å². The van der Waals surface area contributed by atoms with Gasteiger partial charge in [-0.2, -0.15) is 0 Å². The lowest BCUT2D eigenvalue weighted by molar-refractivity contribution is 0.229. The largest absolute Gasteiger partial charge is 0.384 e. The smallest absolute Gasteiger partial charge is 0.0419 e. The van der Waals surface area contributed by atoms with Crippen LogP contribution in [0.2, 0.25) is 0 Å². The topological polar surface area (TPSA) is 27.3 Å². The second-order valence-electron chi connectivity index (χ2n) is 5.71. The molecule has 0 bridgehead atoms. The molecular formula is C16H25N3. The maximum absolute atomic E-state index is 3.60. The zero-order chi connectivity index (χ0) is 12.9. The van der Waals surface area contributed by atoms with Gasteiger partial charge in [0.25, 0.3) is 0 Å². The number of benzene rings is 1. The molecule has 1 aromatic carbocycles. The monoisotopic (exact) mass is 259 g/mol. The maximum Gasteiger partial charge on any atom is 0.0419 e. The Hall–Kier alpha value is -1.06. The zero-order valence-corrected chi connectivity index (χ0v) is 11.8. The molecule has 3 heteroatoms. The van der Waals surface area contributed by atoms with E-state index in [2.05, 4.69) is 33.7 Å². The molecule has 3 rings (SSSR count). The molecule has 0 unspecified atom stereocenters. The quantitative estimate of drug-likeness (QED) is 0.794. The third kappa shape index (κ3) is 3.28. The van der Waals surface area contributed by atoms with Gasteiger partial charge in [-0.3, -0.25) is 0 Å². The van der Waals surface area contributed by atoms with Crippen molar-refractivity contribution < 1.29 is 0 Å². The van der Waals surface area contributed by atoms with Gasteiger partial charge in [0.15, 0.2) is 0 Å². The molecule has 3 nitrogen and oxygen atoms in total. The van der Waals surface area contributed by atoms with E-state index in [1.807, 2.05) is 0 Å². The minimum Gasteiger partial charge on any atom is -0.384 e. The predicted molar refractivity (Wildman–Crippen MR) is 80.6 cm³/mol. The Morgan fingerprint density at radius 3 is 2.95 bits per heavy atom. The van der Waals surface area contributed by atoms with Crippen LogP contribution in [0.3, 0.4) is 0 Å². The average molecular weight is 259 g/mol. The summed E-state index contributed by atoms with van der Waals surface area (Å²) in [7, 11) is 0. The second kappa shape index (κ2) is 6.40. The van der Waals surface area contributed by atoms with E-state index in [-0.39, 0.29) is 0 Å². The Morgan fingerprint density at radius 2 is 2.05 bits per heavy atom. The van der Waals surface area contributed by atoms with Gasteiger partial charge in [-0.25, -0.2) is 0 Å². The fourth-order valence-electron chi connectivity index (χ4n) is 3.20. The van der Waals surface area contributed by atoms with Gasteiger partial charge in [-0.05, 0) is 43.5 Å². The minimum absolute atomic E-state index is 0.990. The fraction of sp³-hybridized carbons (Fsp3) is 0.625. The molecule has 1 fully saturated rings. The van der Waals surface area contributed by atoms with Crippen LogP contribution < -0.4 is 10.6 Å². The summed E-state index contributed by atoms with van der Waals surface area (Å²) in [5.41, 5.74) is 4.29. The number of hydrogen-bond donors (Lipinski definition) is 2. The van der Waals surface area contributed by atoms with Crippen LogP contribution >= 0.6 is 0 Å². The van der Waals surface area contributed by atoms with Crippen LogP contribution in [0.25, 0.3) is 0 Å². The molecule has 2 heterocycles. The van der Waals surface area contributed by atoms with Gasteiger partial charge in [0.1, 0.15) is 0 Å². The Kier molecular flexibility index (Phi) is 4.36. The van der Waals surface area contributed by atoms with Crippen molar-refractivity contribution in [2.75, 3.05) is 38.0 Å². The van der Waals surface area contributed by atoms with Crippen LogP contribution in [0.5, 0.6) is 0 Å². The fourth-order valence-corrected chi connectivity index (χ4v) is 3.20. The first kappa shape index (κ1) is 12.9. The number of nitrogens with zero attached hydrogens (tertiary/aromatic N) is 1. The number of hydrogen-bond acceptors (Lipinski definition) is 3. The molecular weight excluding hydrogens is 234 g/mol. The van der Waals surface area contributed by atoms with Crippen molar-refractivity contribution >= 4 is 5.69 Å². The van der Waals surface area contributed by atoms with E-state index in [9.17, 15) is 0 Å². The van der Waals surface area contributed by atoms with Crippen molar-refractivity contribution in [1.29, 1.82) is 0 Å². The highest BCUT2D eigenvalue weighted by Gasteiger charge is 2.13. The molecule has 0 saturated carbocycles. The van der Waals surface area contributed by atoms with Crippen molar-refractivity contribution in [3.63, 3.8) is 0 Å². The first-order chi connectivity index (χ1) is 9.43. The number of piperidine rings is 1. The highest BCUT2D eigenvalue weighted by molar-refractivity contribution is 5.61. The Labute approximate surface area is 116 Å². The van der Waals surface area contributed by atoms with Crippen molar-refractivity contribution in [1.82, 2.24) is 10.2 Å². The summed E-state index contributed by atoms with van der Waals surface area (Å²) in [5.74, 6) is 0. The summed E-state index contributed by atoms with van der Waals surface area (Å²) < 4.78 is 0. The number of anilines is 1.